The summed E-state index contributed by atoms with van der Waals surface area (Å²) in [5.74, 6) is 0.0808. The van der Waals surface area contributed by atoms with Crippen molar-refractivity contribution in [3.63, 3.8) is 0 Å². The first-order chi connectivity index (χ1) is 21.4. The molecule has 2 saturated heterocycles. The number of aromatic nitrogens is 1. The highest BCUT2D eigenvalue weighted by atomic mass is 32.2. The van der Waals surface area contributed by atoms with Crippen molar-refractivity contribution in [2.45, 2.75) is 69.0 Å². The van der Waals surface area contributed by atoms with Crippen LogP contribution in [0.3, 0.4) is 0 Å². The van der Waals surface area contributed by atoms with Crippen LogP contribution in [0.4, 0.5) is 5.69 Å². The van der Waals surface area contributed by atoms with Crippen molar-refractivity contribution in [2.75, 3.05) is 24.4 Å². The molecule has 0 radical (unpaired) electrons. The molecule has 9 heteroatoms. The summed E-state index contributed by atoms with van der Waals surface area (Å²) in [5, 5.41) is 10.3. The van der Waals surface area contributed by atoms with E-state index in [4.69, 9.17) is 9.47 Å². The van der Waals surface area contributed by atoms with E-state index in [1.807, 2.05) is 48.5 Å². The van der Waals surface area contributed by atoms with Gasteiger partial charge in [-0.3, -0.25) is 9.71 Å². The fraction of sp³-hybridized carbons (Fsp3) is 0.400. The molecule has 1 aromatic heterocycles. The average Bonchev–Trinajstić information content (AvgIpc) is 3.03. The third kappa shape index (κ3) is 6.98. The number of likely N-dealkylation sites (tertiary alicyclic amines) is 1. The van der Waals surface area contributed by atoms with Crippen molar-refractivity contribution in [3.05, 3.63) is 102 Å². The Bertz CT molecular complexity index is 1650. The second-order valence-corrected chi connectivity index (χ2v) is 13.6. The van der Waals surface area contributed by atoms with Crippen LogP contribution in [0.1, 0.15) is 68.1 Å². The van der Waals surface area contributed by atoms with Gasteiger partial charge in [-0.15, -0.1) is 0 Å². The van der Waals surface area contributed by atoms with E-state index in [0.29, 0.717) is 11.2 Å². The number of fused-ring (bicyclic) bond motifs is 1. The van der Waals surface area contributed by atoms with Crippen molar-refractivity contribution in [1.82, 2.24) is 9.88 Å². The van der Waals surface area contributed by atoms with Crippen molar-refractivity contribution < 1.29 is 23.0 Å². The highest BCUT2D eigenvalue weighted by molar-refractivity contribution is 7.93. The maximum Gasteiger partial charge on any atom is 0.264 e. The van der Waals surface area contributed by atoms with Crippen molar-refractivity contribution in [1.29, 1.82) is 0 Å². The van der Waals surface area contributed by atoms with Crippen molar-refractivity contribution in [2.24, 2.45) is 5.92 Å². The highest BCUT2D eigenvalue weighted by Gasteiger charge is 2.39. The Hall–Kier alpha value is -3.34. The molecule has 4 aromatic rings. The number of hydrogen-bond acceptors (Lipinski definition) is 7. The molecule has 4 unspecified atom stereocenters. The van der Waals surface area contributed by atoms with E-state index in [9.17, 15) is 13.5 Å². The number of rotatable bonds is 8. The number of pyridine rings is 1. The Labute approximate surface area is 260 Å². The monoisotopic (exact) mass is 615 g/mol. The zero-order valence-corrected chi connectivity index (χ0v) is 26.0. The summed E-state index contributed by atoms with van der Waals surface area (Å²) in [7, 11) is -3.91. The van der Waals surface area contributed by atoms with Gasteiger partial charge in [-0.25, -0.2) is 8.42 Å². The van der Waals surface area contributed by atoms with Crippen molar-refractivity contribution >= 4 is 26.6 Å². The van der Waals surface area contributed by atoms with Crippen LogP contribution in [0.25, 0.3) is 10.9 Å². The summed E-state index contributed by atoms with van der Waals surface area (Å²) in [6.45, 7) is 5.11. The van der Waals surface area contributed by atoms with Gasteiger partial charge in [0.25, 0.3) is 10.0 Å². The Morgan fingerprint density at radius 2 is 1.61 bits per heavy atom. The summed E-state index contributed by atoms with van der Waals surface area (Å²) in [6.07, 6.45) is 6.82. The molecular weight excluding hydrogens is 574 g/mol. The number of aliphatic hydroxyl groups excluding tert-OH is 1. The number of nitrogens with one attached hydrogen (secondary N) is 1. The van der Waals surface area contributed by atoms with Crippen molar-refractivity contribution in [3.8, 4) is 0 Å². The molecular formula is C35H41N3O5S. The fourth-order valence-electron chi connectivity index (χ4n) is 6.33. The molecule has 0 amide bonds. The van der Waals surface area contributed by atoms with Crippen LogP contribution in [0.2, 0.25) is 0 Å². The zero-order chi connectivity index (χ0) is 30.5. The molecule has 2 aliphatic rings. The number of para-hydroxylation sites is 1. The zero-order valence-electron chi connectivity index (χ0n) is 25.1. The molecule has 3 heterocycles. The molecule has 0 spiro atoms. The predicted octanol–water partition coefficient (Wildman–Crippen LogP) is 6.59. The third-order valence-corrected chi connectivity index (χ3v) is 10.2. The number of aliphatic hydroxyl groups is 1. The van der Waals surface area contributed by atoms with Gasteiger partial charge >= 0.3 is 0 Å². The van der Waals surface area contributed by atoms with E-state index in [1.165, 1.54) is 32.1 Å². The number of ether oxygens (including phenoxy) is 2. The van der Waals surface area contributed by atoms with Gasteiger partial charge < -0.3 is 19.5 Å². The van der Waals surface area contributed by atoms with Crippen LogP contribution < -0.4 is 4.72 Å². The van der Waals surface area contributed by atoms with Crippen LogP contribution in [0, 0.1) is 5.92 Å². The minimum absolute atomic E-state index is 0.0117. The molecule has 2 N–H and O–H groups in total. The normalized spacial score (nSPS) is 23.6. The lowest BCUT2D eigenvalue weighted by Gasteiger charge is -2.43. The van der Waals surface area contributed by atoms with Gasteiger partial charge in [0.05, 0.1) is 24.3 Å². The quantitative estimate of drug-likeness (QED) is 0.231. The molecule has 3 aromatic carbocycles. The van der Waals surface area contributed by atoms with Gasteiger partial charge in [0.2, 0.25) is 0 Å². The maximum absolute atomic E-state index is 13.5. The molecule has 232 valence electrons. The van der Waals surface area contributed by atoms with Gasteiger partial charge in [-0.1, -0.05) is 80.8 Å². The van der Waals surface area contributed by atoms with E-state index in [1.54, 1.807) is 36.5 Å². The lowest BCUT2D eigenvalue weighted by Crippen LogP contribution is -2.45. The molecule has 2 fully saturated rings. The topological polar surface area (TPSA) is 101 Å². The first-order valence-corrected chi connectivity index (χ1v) is 17.1. The summed E-state index contributed by atoms with van der Waals surface area (Å²) in [5.41, 5.74) is 3.46. The first kappa shape index (κ1) is 30.7. The fourth-order valence-corrected chi connectivity index (χ4v) is 7.56. The van der Waals surface area contributed by atoms with Crippen LogP contribution in [-0.4, -0.2) is 49.1 Å². The minimum atomic E-state index is -3.91. The molecule has 0 bridgehead atoms. The lowest BCUT2D eigenvalue weighted by molar-refractivity contribution is -0.276. The second kappa shape index (κ2) is 13.7. The van der Waals surface area contributed by atoms with Gasteiger partial charge in [-0.05, 0) is 61.3 Å². The summed E-state index contributed by atoms with van der Waals surface area (Å²) < 4.78 is 43.1. The molecule has 2 aliphatic heterocycles. The molecule has 44 heavy (non-hydrogen) atoms. The number of anilines is 1. The SMILES string of the molecule is CC1C(CN2CCCCCCC2)OC(c2cccc(NS(=O)(=O)c3cccc4cccnc34)c2)OC1c1ccc(CO)cc1. The number of benzene rings is 3. The van der Waals surface area contributed by atoms with Crippen LogP contribution in [-0.2, 0) is 26.1 Å². The Morgan fingerprint density at radius 1 is 0.886 bits per heavy atom. The third-order valence-electron chi connectivity index (χ3n) is 8.81. The summed E-state index contributed by atoms with van der Waals surface area (Å²) in [6, 6.07) is 23.9. The highest BCUT2D eigenvalue weighted by Crippen LogP contribution is 2.42. The summed E-state index contributed by atoms with van der Waals surface area (Å²) in [4.78, 5) is 6.98. The van der Waals surface area contributed by atoms with Gasteiger partial charge in [0.15, 0.2) is 6.29 Å². The Morgan fingerprint density at radius 3 is 2.39 bits per heavy atom. The molecule has 8 nitrogen and oxygen atoms in total. The molecule has 6 rings (SSSR count). The maximum atomic E-state index is 13.5. The van der Waals surface area contributed by atoms with Crippen LogP contribution >= 0.6 is 0 Å². The van der Waals surface area contributed by atoms with E-state index in [0.717, 1.165) is 41.7 Å². The number of sulfonamides is 1. The van der Waals surface area contributed by atoms with E-state index in [-0.39, 0.29) is 29.6 Å². The largest absolute Gasteiger partial charge is 0.392 e. The van der Waals surface area contributed by atoms with Crippen LogP contribution in [0.5, 0.6) is 0 Å². The smallest absolute Gasteiger partial charge is 0.264 e. The van der Waals surface area contributed by atoms with E-state index in [2.05, 4.69) is 21.5 Å². The van der Waals surface area contributed by atoms with Gasteiger partial charge in [-0.2, -0.15) is 0 Å². The molecule has 4 atom stereocenters. The predicted molar refractivity (Wildman–Crippen MR) is 171 cm³/mol. The average molecular weight is 616 g/mol. The number of hydrogen-bond donors (Lipinski definition) is 2. The van der Waals surface area contributed by atoms with Gasteiger partial charge in [0.1, 0.15) is 4.90 Å². The molecule has 0 aliphatic carbocycles. The van der Waals surface area contributed by atoms with Gasteiger partial charge in [0, 0.05) is 35.3 Å². The Balaban J connectivity index is 1.27. The number of nitrogens with zero attached hydrogens (tertiary/aromatic N) is 2. The standard InChI is InChI=1S/C35H41N3O5S/c1-25-31(23-38-20-5-3-2-4-6-21-38)42-35(43-34(25)28-17-15-26(24-39)16-18-28)29-11-7-13-30(22-29)37-44(40,41)32-14-8-10-27-12-9-19-36-33(27)32/h7-19,22,25,31,34-35,37,39H,2-6,20-21,23-24H2,1H3. The first-order valence-electron chi connectivity index (χ1n) is 15.6. The Kier molecular flexibility index (Phi) is 9.59. The van der Waals surface area contributed by atoms with E-state index < -0.39 is 16.3 Å². The minimum Gasteiger partial charge on any atom is -0.392 e. The molecule has 0 saturated carbocycles. The van der Waals surface area contributed by atoms with E-state index >= 15 is 0 Å². The second-order valence-electron chi connectivity index (χ2n) is 12.0. The lowest BCUT2D eigenvalue weighted by atomic mass is 9.89. The summed E-state index contributed by atoms with van der Waals surface area (Å²) >= 11 is 0. The van der Waals surface area contributed by atoms with Crippen LogP contribution in [0.15, 0.2) is 90.0 Å².